The largest absolute Gasteiger partial charge is 0.348 e. The van der Waals surface area contributed by atoms with Crippen LogP contribution in [0.5, 0.6) is 0 Å². The van der Waals surface area contributed by atoms with Crippen LogP contribution in [0.2, 0.25) is 0 Å². The topological polar surface area (TPSA) is 28.2 Å². The van der Waals surface area contributed by atoms with Crippen LogP contribution >= 0.6 is 11.3 Å². The highest BCUT2D eigenvalue weighted by Gasteiger charge is 2.22. The first-order valence-corrected chi connectivity index (χ1v) is 7.86. The lowest BCUT2D eigenvalue weighted by atomic mass is 9.96. The number of nitrogens with zero attached hydrogens (tertiary/aromatic N) is 2. The first-order chi connectivity index (χ1) is 8.65. The summed E-state index contributed by atoms with van der Waals surface area (Å²) >= 11 is 1.86. The molecule has 0 aliphatic carbocycles. The molecule has 0 saturated carbocycles. The molecule has 2 heterocycles. The molecule has 0 bridgehead atoms. The SMILES string of the molecule is CCC1CCCN(c2nc(C)c(C(C)NC)s2)C1. The van der Waals surface area contributed by atoms with E-state index in [2.05, 4.69) is 31.0 Å². The third-order valence-electron chi connectivity index (χ3n) is 4.01. The van der Waals surface area contributed by atoms with E-state index in [1.807, 2.05) is 18.4 Å². The number of hydrogen-bond acceptors (Lipinski definition) is 4. The maximum Gasteiger partial charge on any atom is 0.185 e. The Morgan fingerprint density at radius 3 is 3.00 bits per heavy atom. The molecule has 2 atom stereocenters. The molecule has 1 aliphatic rings. The standard InChI is InChI=1S/C14H25N3S/c1-5-12-7-6-8-17(9-12)14-16-11(3)13(18-14)10(2)15-4/h10,12,15H,5-9H2,1-4H3. The first kappa shape index (κ1) is 13.8. The van der Waals surface area contributed by atoms with Gasteiger partial charge in [-0.05, 0) is 39.7 Å². The summed E-state index contributed by atoms with van der Waals surface area (Å²) in [4.78, 5) is 8.64. The highest BCUT2D eigenvalue weighted by molar-refractivity contribution is 7.15. The van der Waals surface area contributed by atoms with E-state index in [-0.39, 0.29) is 0 Å². The van der Waals surface area contributed by atoms with Crippen molar-refractivity contribution >= 4 is 16.5 Å². The van der Waals surface area contributed by atoms with Crippen LogP contribution in [-0.2, 0) is 0 Å². The van der Waals surface area contributed by atoms with Gasteiger partial charge in [0.15, 0.2) is 5.13 Å². The zero-order chi connectivity index (χ0) is 13.1. The molecule has 0 amide bonds. The molecule has 4 heteroatoms. The summed E-state index contributed by atoms with van der Waals surface area (Å²) in [6.07, 6.45) is 3.99. The van der Waals surface area contributed by atoms with Gasteiger partial charge < -0.3 is 10.2 Å². The molecule has 3 nitrogen and oxygen atoms in total. The van der Waals surface area contributed by atoms with Gasteiger partial charge in [-0.1, -0.05) is 13.3 Å². The van der Waals surface area contributed by atoms with Crippen molar-refractivity contribution in [3.63, 3.8) is 0 Å². The van der Waals surface area contributed by atoms with Crippen LogP contribution in [0, 0.1) is 12.8 Å². The second-order valence-electron chi connectivity index (χ2n) is 5.32. The molecule has 1 aliphatic heterocycles. The zero-order valence-electron chi connectivity index (χ0n) is 12.0. The molecule has 1 aromatic heterocycles. The summed E-state index contributed by atoms with van der Waals surface area (Å²) in [7, 11) is 2.01. The molecule has 18 heavy (non-hydrogen) atoms. The molecule has 1 N–H and O–H groups in total. The van der Waals surface area contributed by atoms with E-state index in [0.29, 0.717) is 6.04 Å². The van der Waals surface area contributed by atoms with Crippen molar-refractivity contribution in [2.75, 3.05) is 25.0 Å². The lowest BCUT2D eigenvalue weighted by Gasteiger charge is -2.32. The van der Waals surface area contributed by atoms with Crippen LogP contribution < -0.4 is 10.2 Å². The summed E-state index contributed by atoms with van der Waals surface area (Å²) < 4.78 is 0. The highest BCUT2D eigenvalue weighted by Crippen LogP contribution is 2.33. The summed E-state index contributed by atoms with van der Waals surface area (Å²) in [6.45, 7) is 9.00. The number of hydrogen-bond donors (Lipinski definition) is 1. The van der Waals surface area contributed by atoms with Gasteiger partial charge in [0.1, 0.15) is 0 Å². The molecule has 2 unspecified atom stereocenters. The number of anilines is 1. The lowest BCUT2D eigenvalue weighted by Crippen LogP contribution is -2.35. The summed E-state index contributed by atoms with van der Waals surface area (Å²) in [5.41, 5.74) is 1.19. The molecular formula is C14H25N3S. The maximum atomic E-state index is 4.78. The number of nitrogens with one attached hydrogen (secondary N) is 1. The second-order valence-corrected chi connectivity index (χ2v) is 6.33. The van der Waals surface area contributed by atoms with E-state index in [1.54, 1.807) is 0 Å². The van der Waals surface area contributed by atoms with Crippen molar-refractivity contribution in [1.29, 1.82) is 0 Å². The van der Waals surface area contributed by atoms with Crippen LogP contribution in [0.15, 0.2) is 0 Å². The van der Waals surface area contributed by atoms with E-state index in [0.717, 1.165) is 5.92 Å². The van der Waals surface area contributed by atoms with Crippen LogP contribution in [-0.4, -0.2) is 25.1 Å². The van der Waals surface area contributed by atoms with Gasteiger partial charge >= 0.3 is 0 Å². The normalized spacial score (nSPS) is 22.2. The van der Waals surface area contributed by atoms with Gasteiger partial charge in [-0.3, -0.25) is 0 Å². The van der Waals surface area contributed by atoms with E-state index < -0.39 is 0 Å². The minimum Gasteiger partial charge on any atom is -0.348 e. The fraction of sp³-hybridized carbons (Fsp3) is 0.786. The van der Waals surface area contributed by atoms with Crippen molar-refractivity contribution in [3.8, 4) is 0 Å². The highest BCUT2D eigenvalue weighted by atomic mass is 32.1. The van der Waals surface area contributed by atoms with Crippen LogP contribution in [0.4, 0.5) is 5.13 Å². The van der Waals surface area contributed by atoms with Crippen LogP contribution in [0.25, 0.3) is 0 Å². The first-order valence-electron chi connectivity index (χ1n) is 7.05. The van der Waals surface area contributed by atoms with E-state index in [4.69, 9.17) is 4.98 Å². The number of thiazole rings is 1. The Hall–Kier alpha value is -0.610. The van der Waals surface area contributed by atoms with Gasteiger partial charge in [0.05, 0.1) is 5.69 Å². The Kier molecular flexibility index (Phi) is 4.62. The van der Waals surface area contributed by atoms with Crippen molar-refractivity contribution in [3.05, 3.63) is 10.6 Å². The van der Waals surface area contributed by atoms with Crippen molar-refractivity contribution in [2.45, 2.75) is 46.1 Å². The van der Waals surface area contributed by atoms with Gasteiger partial charge in [-0.25, -0.2) is 4.98 Å². The van der Waals surface area contributed by atoms with E-state index >= 15 is 0 Å². The molecule has 102 valence electrons. The predicted octanol–water partition coefficient (Wildman–Crippen LogP) is 3.36. The third-order valence-corrected chi connectivity index (χ3v) is 5.42. The van der Waals surface area contributed by atoms with Crippen molar-refractivity contribution < 1.29 is 0 Å². The van der Waals surface area contributed by atoms with Gasteiger partial charge in [-0.15, -0.1) is 11.3 Å². The fourth-order valence-corrected chi connectivity index (χ4v) is 3.80. The fourth-order valence-electron chi connectivity index (χ4n) is 2.63. The number of aryl methyl sites for hydroxylation is 1. The Bertz CT molecular complexity index is 388. The molecule has 0 spiro atoms. The van der Waals surface area contributed by atoms with E-state index in [1.165, 1.54) is 48.1 Å². The van der Waals surface area contributed by atoms with Gasteiger partial charge in [-0.2, -0.15) is 0 Å². The van der Waals surface area contributed by atoms with Gasteiger partial charge in [0.25, 0.3) is 0 Å². The molecule has 1 aromatic rings. The average Bonchev–Trinajstić information content (AvgIpc) is 2.80. The second kappa shape index (κ2) is 6.02. The molecule has 1 fully saturated rings. The molecule has 0 aromatic carbocycles. The zero-order valence-corrected chi connectivity index (χ0v) is 12.8. The maximum absolute atomic E-state index is 4.78. The van der Waals surface area contributed by atoms with Crippen LogP contribution in [0.3, 0.4) is 0 Å². The van der Waals surface area contributed by atoms with Gasteiger partial charge in [0.2, 0.25) is 0 Å². The lowest BCUT2D eigenvalue weighted by molar-refractivity contribution is 0.404. The number of aromatic nitrogens is 1. The summed E-state index contributed by atoms with van der Waals surface area (Å²) in [5, 5.41) is 4.53. The molecular weight excluding hydrogens is 242 g/mol. The molecule has 2 rings (SSSR count). The quantitative estimate of drug-likeness (QED) is 0.906. The molecule has 1 saturated heterocycles. The predicted molar refractivity (Wildman–Crippen MR) is 79.6 cm³/mol. The Balaban J connectivity index is 2.13. The Morgan fingerprint density at radius 2 is 2.33 bits per heavy atom. The van der Waals surface area contributed by atoms with Crippen molar-refractivity contribution in [2.24, 2.45) is 5.92 Å². The van der Waals surface area contributed by atoms with Crippen LogP contribution in [0.1, 0.15) is 49.7 Å². The van der Waals surface area contributed by atoms with Gasteiger partial charge in [0, 0.05) is 24.0 Å². The number of rotatable bonds is 4. The Morgan fingerprint density at radius 1 is 1.56 bits per heavy atom. The smallest absolute Gasteiger partial charge is 0.185 e. The van der Waals surface area contributed by atoms with E-state index in [9.17, 15) is 0 Å². The summed E-state index contributed by atoms with van der Waals surface area (Å²) in [5.74, 6) is 0.855. The third kappa shape index (κ3) is 2.86. The monoisotopic (exact) mass is 267 g/mol. The average molecular weight is 267 g/mol. The minimum atomic E-state index is 0.406. The summed E-state index contributed by atoms with van der Waals surface area (Å²) in [6, 6.07) is 0.406. The Labute approximate surface area is 115 Å². The number of piperidine rings is 1. The molecule has 0 radical (unpaired) electrons. The minimum absolute atomic E-state index is 0.406. The van der Waals surface area contributed by atoms with Crippen molar-refractivity contribution in [1.82, 2.24) is 10.3 Å².